The van der Waals surface area contributed by atoms with Crippen molar-refractivity contribution in [2.75, 3.05) is 5.32 Å². The monoisotopic (exact) mass is 304 g/mol. The van der Waals surface area contributed by atoms with Crippen molar-refractivity contribution in [3.05, 3.63) is 72.6 Å². The lowest BCUT2D eigenvalue weighted by molar-refractivity contribution is 0.518. The summed E-state index contributed by atoms with van der Waals surface area (Å²) in [5.41, 5.74) is 4.22. The minimum atomic E-state index is 0.576. The van der Waals surface area contributed by atoms with Crippen molar-refractivity contribution < 1.29 is 4.42 Å². The topological polar surface area (TPSA) is 55.4 Å². The lowest BCUT2D eigenvalue weighted by Gasteiger charge is -2.07. The van der Waals surface area contributed by atoms with E-state index >= 15 is 0 Å². The van der Waals surface area contributed by atoms with Crippen LogP contribution in [0.15, 0.2) is 65.7 Å². The number of nitrogens with one attached hydrogen (secondary N) is 1. The molecule has 4 aromatic rings. The van der Waals surface area contributed by atoms with Gasteiger partial charge in [0.25, 0.3) is 0 Å². The van der Waals surface area contributed by atoms with Crippen LogP contribution in [0.4, 0.5) is 5.82 Å². The fourth-order valence-electron chi connectivity index (χ4n) is 2.57. The smallest absolute Gasteiger partial charge is 0.180 e. The third-order valence-electron chi connectivity index (χ3n) is 3.79. The number of fused-ring (bicyclic) bond motifs is 1. The van der Waals surface area contributed by atoms with Crippen molar-refractivity contribution in [3.63, 3.8) is 0 Å². The van der Waals surface area contributed by atoms with Gasteiger partial charge in [-0.3, -0.25) is 4.40 Å². The summed E-state index contributed by atoms with van der Waals surface area (Å²) in [6, 6.07) is 12.2. The molecule has 114 valence electrons. The van der Waals surface area contributed by atoms with Gasteiger partial charge in [0.05, 0.1) is 24.7 Å². The van der Waals surface area contributed by atoms with Crippen LogP contribution in [0.5, 0.6) is 0 Å². The summed E-state index contributed by atoms with van der Waals surface area (Å²) in [6.07, 6.45) is 7.24. The molecule has 0 unspecified atom stereocenters. The van der Waals surface area contributed by atoms with E-state index in [4.69, 9.17) is 4.42 Å². The quantitative estimate of drug-likeness (QED) is 0.621. The Morgan fingerprint density at radius 3 is 2.78 bits per heavy atom. The Morgan fingerprint density at radius 2 is 2.00 bits per heavy atom. The van der Waals surface area contributed by atoms with Crippen molar-refractivity contribution in [3.8, 4) is 11.3 Å². The molecule has 3 heterocycles. The summed E-state index contributed by atoms with van der Waals surface area (Å²) in [5, 5.41) is 3.28. The average Bonchev–Trinajstić information content (AvgIpc) is 3.23. The Labute approximate surface area is 133 Å². The summed E-state index contributed by atoms with van der Waals surface area (Å²) in [6.45, 7) is 2.66. The summed E-state index contributed by atoms with van der Waals surface area (Å²) >= 11 is 0. The highest BCUT2D eigenvalue weighted by atomic mass is 16.3. The van der Waals surface area contributed by atoms with E-state index in [0.29, 0.717) is 6.54 Å². The number of hydrogen-bond donors (Lipinski definition) is 1. The molecular weight excluding hydrogens is 288 g/mol. The van der Waals surface area contributed by atoms with E-state index in [1.807, 2.05) is 28.9 Å². The Hall–Kier alpha value is -3.08. The van der Waals surface area contributed by atoms with Crippen molar-refractivity contribution in [2.24, 2.45) is 0 Å². The van der Waals surface area contributed by atoms with Gasteiger partial charge in [0, 0.05) is 18.0 Å². The van der Waals surface area contributed by atoms with Gasteiger partial charge in [-0.15, -0.1) is 0 Å². The first-order valence-electron chi connectivity index (χ1n) is 7.46. The second kappa shape index (κ2) is 5.61. The molecule has 3 aromatic heterocycles. The third kappa shape index (κ3) is 2.57. The molecule has 0 aliphatic rings. The Kier molecular flexibility index (Phi) is 3.31. The zero-order valence-electron chi connectivity index (χ0n) is 12.7. The van der Waals surface area contributed by atoms with Gasteiger partial charge in [-0.05, 0) is 19.1 Å². The number of rotatable bonds is 4. The van der Waals surface area contributed by atoms with Crippen molar-refractivity contribution in [1.82, 2.24) is 14.4 Å². The maximum atomic E-state index is 5.34. The predicted octanol–water partition coefficient (Wildman–Crippen LogP) is 3.91. The largest absolute Gasteiger partial charge is 0.467 e. The van der Waals surface area contributed by atoms with Gasteiger partial charge >= 0.3 is 0 Å². The first kappa shape index (κ1) is 13.6. The molecule has 1 N–H and O–H groups in total. The van der Waals surface area contributed by atoms with Gasteiger partial charge < -0.3 is 9.73 Å². The highest BCUT2D eigenvalue weighted by molar-refractivity contribution is 5.70. The molecule has 0 saturated carbocycles. The number of nitrogens with zero attached hydrogens (tertiary/aromatic N) is 3. The molecular formula is C18H16N4O. The van der Waals surface area contributed by atoms with Crippen LogP contribution in [0.3, 0.4) is 0 Å². The van der Waals surface area contributed by atoms with E-state index in [9.17, 15) is 0 Å². The van der Waals surface area contributed by atoms with E-state index in [0.717, 1.165) is 28.5 Å². The summed E-state index contributed by atoms with van der Waals surface area (Å²) in [7, 11) is 0. The van der Waals surface area contributed by atoms with E-state index in [-0.39, 0.29) is 0 Å². The molecule has 0 aliphatic carbocycles. The third-order valence-corrected chi connectivity index (χ3v) is 3.79. The van der Waals surface area contributed by atoms with E-state index in [1.165, 1.54) is 5.56 Å². The first-order chi connectivity index (χ1) is 11.3. The number of imidazole rings is 1. The SMILES string of the molecule is Cc1ccc(-c2cnc3c(NCc4ccco4)nccn23)cc1. The van der Waals surface area contributed by atoms with Gasteiger partial charge in [-0.1, -0.05) is 29.8 Å². The molecule has 0 saturated heterocycles. The normalized spacial score (nSPS) is 11.0. The molecule has 23 heavy (non-hydrogen) atoms. The van der Waals surface area contributed by atoms with Crippen LogP contribution in [0, 0.1) is 6.92 Å². The van der Waals surface area contributed by atoms with Crippen molar-refractivity contribution >= 4 is 11.5 Å². The molecule has 5 nitrogen and oxygen atoms in total. The lowest BCUT2D eigenvalue weighted by Crippen LogP contribution is -2.03. The Morgan fingerprint density at radius 1 is 1.13 bits per heavy atom. The average molecular weight is 304 g/mol. The fourth-order valence-corrected chi connectivity index (χ4v) is 2.57. The zero-order chi connectivity index (χ0) is 15.6. The molecule has 0 amide bonds. The molecule has 5 heteroatoms. The number of furan rings is 1. The zero-order valence-corrected chi connectivity index (χ0v) is 12.7. The number of aromatic nitrogens is 3. The summed E-state index contributed by atoms with van der Waals surface area (Å²) in [5.74, 6) is 1.60. The second-order valence-corrected chi connectivity index (χ2v) is 5.41. The summed E-state index contributed by atoms with van der Waals surface area (Å²) in [4.78, 5) is 8.92. The highest BCUT2D eigenvalue weighted by Gasteiger charge is 2.10. The number of anilines is 1. The maximum absolute atomic E-state index is 5.34. The van der Waals surface area contributed by atoms with Crippen LogP contribution in [-0.4, -0.2) is 14.4 Å². The van der Waals surface area contributed by atoms with Gasteiger partial charge in [0.1, 0.15) is 5.76 Å². The van der Waals surface area contributed by atoms with E-state index in [1.54, 1.807) is 12.5 Å². The van der Waals surface area contributed by atoms with Gasteiger partial charge in [0.15, 0.2) is 11.5 Å². The molecule has 1 aromatic carbocycles. The van der Waals surface area contributed by atoms with Gasteiger partial charge in [0.2, 0.25) is 0 Å². The number of aryl methyl sites for hydroxylation is 1. The number of hydrogen-bond acceptors (Lipinski definition) is 4. The summed E-state index contributed by atoms with van der Waals surface area (Å²) < 4.78 is 7.38. The number of benzene rings is 1. The molecule has 4 rings (SSSR count). The molecule has 0 atom stereocenters. The lowest BCUT2D eigenvalue weighted by atomic mass is 10.1. The van der Waals surface area contributed by atoms with Crippen molar-refractivity contribution in [1.29, 1.82) is 0 Å². The van der Waals surface area contributed by atoms with Crippen LogP contribution >= 0.6 is 0 Å². The molecule has 0 fully saturated rings. The molecule has 0 aliphatic heterocycles. The Bertz CT molecular complexity index is 923. The van der Waals surface area contributed by atoms with Gasteiger partial charge in [-0.25, -0.2) is 9.97 Å². The molecule has 0 radical (unpaired) electrons. The predicted molar refractivity (Wildman–Crippen MR) is 89.2 cm³/mol. The van der Waals surface area contributed by atoms with E-state index in [2.05, 4.69) is 46.5 Å². The van der Waals surface area contributed by atoms with Crippen LogP contribution < -0.4 is 5.32 Å². The van der Waals surface area contributed by atoms with Crippen molar-refractivity contribution in [2.45, 2.75) is 13.5 Å². The minimum Gasteiger partial charge on any atom is -0.467 e. The highest BCUT2D eigenvalue weighted by Crippen LogP contribution is 2.23. The van der Waals surface area contributed by atoms with Crippen LogP contribution in [0.25, 0.3) is 16.9 Å². The first-order valence-corrected chi connectivity index (χ1v) is 7.46. The minimum absolute atomic E-state index is 0.576. The van der Waals surface area contributed by atoms with Crippen LogP contribution in [0.2, 0.25) is 0 Å². The second-order valence-electron chi connectivity index (χ2n) is 5.41. The molecule has 0 spiro atoms. The van der Waals surface area contributed by atoms with E-state index < -0.39 is 0 Å². The van der Waals surface area contributed by atoms with Gasteiger partial charge in [-0.2, -0.15) is 0 Å². The maximum Gasteiger partial charge on any atom is 0.180 e. The standard InChI is InChI=1S/C18H16N4O/c1-13-4-6-14(7-5-13)16-12-21-18-17(19-8-9-22(16)18)20-11-15-3-2-10-23-15/h2-10,12H,11H2,1H3,(H,19,20). The Balaban J connectivity index is 1.70. The van der Waals surface area contributed by atoms with Crippen LogP contribution in [0.1, 0.15) is 11.3 Å². The fraction of sp³-hybridized carbons (Fsp3) is 0.111. The van der Waals surface area contributed by atoms with Crippen LogP contribution in [-0.2, 0) is 6.54 Å². The molecule has 0 bridgehead atoms.